The van der Waals surface area contributed by atoms with E-state index < -0.39 is 0 Å². The van der Waals surface area contributed by atoms with Crippen molar-refractivity contribution in [3.63, 3.8) is 0 Å². The lowest BCUT2D eigenvalue weighted by atomic mass is 10.0. The van der Waals surface area contributed by atoms with Crippen LogP contribution in [0.25, 0.3) is 0 Å². The Morgan fingerprint density at radius 3 is 2.47 bits per heavy atom. The Bertz CT molecular complexity index is 342. The van der Waals surface area contributed by atoms with Crippen molar-refractivity contribution < 1.29 is 9.47 Å². The maximum Gasteiger partial charge on any atom is 0.141 e. The molecule has 2 N–H and O–H groups in total. The van der Waals surface area contributed by atoms with Crippen LogP contribution in [-0.4, -0.2) is 14.2 Å². The molecule has 0 aliphatic carbocycles. The largest absolute Gasteiger partial charge is 0.495 e. The normalized spacial score (nSPS) is 12.3. The molecule has 3 nitrogen and oxygen atoms in total. The minimum absolute atomic E-state index is 0.0119. The molecule has 0 heterocycles. The van der Waals surface area contributed by atoms with Crippen LogP contribution in [0.2, 0.25) is 0 Å². The van der Waals surface area contributed by atoms with Gasteiger partial charge in [0.15, 0.2) is 0 Å². The molecule has 0 aliphatic rings. The highest BCUT2D eigenvalue weighted by Gasteiger charge is 2.16. The van der Waals surface area contributed by atoms with E-state index in [9.17, 15) is 0 Å². The lowest BCUT2D eigenvalue weighted by molar-refractivity contribution is 0.383. The van der Waals surface area contributed by atoms with Crippen molar-refractivity contribution in [3.05, 3.63) is 22.2 Å². The zero-order valence-corrected chi connectivity index (χ0v) is 10.8. The minimum atomic E-state index is -0.0119. The van der Waals surface area contributed by atoms with Gasteiger partial charge in [0.1, 0.15) is 16.0 Å². The van der Waals surface area contributed by atoms with Crippen LogP contribution in [0.5, 0.6) is 11.5 Å². The van der Waals surface area contributed by atoms with Gasteiger partial charge in [-0.3, -0.25) is 0 Å². The minimum Gasteiger partial charge on any atom is -0.495 e. The SMILES string of the molecule is CCC(N)c1ccc(OC)c(Br)c1OC. The molecule has 84 valence electrons. The fourth-order valence-electron chi connectivity index (χ4n) is 1.43. The van der Waals surface area contributed by atoms with Crippen molar-refractivity contribution in [3.8, 4) is 11.5 Å². The summed E-state index contributed by atoms with van der Waals surface area (Å²) < 4.78 is 11.3. The van der Waals surface area contributed by atoms with Crippen molar-refractivity contribution in [2.45, 2.75) is 19.4 Å². The molecule has 0 radical (unpaired) electrons. The summed E-state index contributed by atoms with van der Waals surface area (Å²) in [6.07, 6.45) is 0.870. The van der Waals surface area contributed by atoms with Gasteiger partial charge in [-0.1, -0.05) is 6.92 Å². The van der Waals surface area contributed by atoms with Gasteiger partial charge in [0.05, 0.1) is 14.2 Å². The van der Waals surface area contributed by atoms with Crippen molar-refractivity contribution in [1.82, 2.24) is 0 Å². The van der Waals surface area contributed by atoms with Crippen LogP contribution >= 0.6 is 15.9 Å². The second kappa shape index (κ2) is 5.37. The van der Waals surface area contributed by atoms with E-state index in [4.69, 9.17) is 15.2 Å². The molecule has 4 heteroatoms. The number of ether oxygens (including phenoxy) is 2. The highest BCUT2D eigenvalue weighted by molar-refractivity contribution is 9.10. The number of halogens is 1. The first-order valence-electron chi connectivity index (χ1n) is 4.81. The third-order valence-corrected chi connectivity index (χ3v) is 3.11. The van der Waals surface area contributed by atoms with E-state index in [1.165, 1.54) is 0 Å². The first-order valence-corrected chi connectivity index (χ1v) is 5.60. The zero-order valence-electron chi connectivity index (χ0n) is 9.21. The Morgan fingerprint density at radius 1 is 1.33 bits per heavy atom. The zero-order chi connectivity index (χ0) is 11.4. The molecule has 0 fully saturated rings. The predicted molar refractivity (Wildman–Crippen MR) is 64.5 cm³/mol. The van der Waals surface area contributed by atoms with Gasteiger partial charge in [-0.15, -0.1) is 0 Å². The summed E-state index contributed by atoms with van der Waals surface area (Å²) in [5, 5.41) is 0. The van der Waals surface area contributed by atoms with Gasteiger partial charge in [0.2, 0.25) is 0 Å². The third kappa shape index (κ3) is 2.44. The second-order valence-corrected chi connectivity index (χ2v) is 4.01. The lowest BCUT2D eigenvalue weighted by Crippen LogP contribution is -2.10. The molecule has 0 aromatic heterocycles. The molecule has 1 unspecified atom stereocenters. The molecule has 0 saturated heterocycles. The third-order valence-electron chi connectivity index (χ3n) is 2.36. The van der Waals surface area contributed by atoms with Crippen LogP contribution < -0.4 is 15.2 Å². The van der Waals surface area contributed by atoms with Crippen molar-refractivity contribution >= 4 is 15.9 Å². The second-order valence-electron chi connectivity index (χ2n) is 3.22. The van der Waals surface area contributed by atoms with Gasteiger partial charge in [-0.05, 0) is 34.5 Å². The molecule has 1 aromatic rings. The number of benzene rings is 1. The summed E-state index contributed by atoms with van der Waals surface area (Å²) in [6.45, 7) is 2.04. The fraction of sp³-hybridized carbons (Fsp3) is 0.455. The van der Waals surface area contributed by atoms with E-state index in [1.54, 1.807) is 14.2 Å². The van der Waals surface area contributed by atoms with Crippen molar-refractivity contribution in [2.24, 2.45) is 5.73 Å². The van der Waals surface area contributed by atoms with Crippen LogP contribution in [0.1, 0.15) is 24.9 Å². The summed E-state index contributed by atoms with van der Waals surface area (Å²) in [7, 11) is 3.25. The molecule has 0 spiro atoms. The average Bonchev–Trinajstić information content (AvgIpc) is 2.27. The van der Waals surface area contributed by atoms with E-state index in [1.807, 2.05) is 19.1 Å². The number of nitrogens with two attached hydrogens (primary N) is 1. The summed E-state index contributed by atoms with van der Waals surface area (Å²) in [5.74, 6) is 1.50. The molecule has 0 saturated carbocycles. The average molecular weight is 274 g/mol. The quantitative estimate of drug-likeness (QED) is 0.918. The monoisotopic (exact) mass is 273 g/mol. The van der Waals surface area contributed by atoms with E-state index in [2.05, 4.69) is 15.9 Å². The Morgan fingerprint density at radius 2 is 2.00 bits per heavy atom. The van der Waals surface area contributed by atoms with Gasteiger partial charge >= 0.3 is 0 Å². The molecule has 0 aliphatic heterocycles. The Labute approximate surface area is 98.7 Å². The summed E-state index contributed by atoms with van der Waals surface area (Å²) in [5.41, 5.74) is 6.98. The molecule has 1 aromatic carbocycles. The van der Waals surface area contributed by atoms with Gasteiger partial charge in [-0.2, -0.15) is 0 Å². The molecule has 0 amide bonds. The van der Waals surface area contributed by atoms with Crippen LogP contribution in [0, 0.1) is 0 Å². The number of hydrogen-bond donors (Lipinski definition) is 1. The van der Waals surface area contributed by atoms with E-state index >= 15 is 0 Å². The van der Waals surface area contributed by atoms with E-state index in [0.29, 0.717) is 0 Å². The molecular weight excluding hydrogens is 258 g/mol. The number of methoxy groups -OCH3 is 2. The van der Waals surface area contributed by atoms with Crippen LogP contribution in [0.3, 0.4) is 0 Å². The first kappa shape index (κ1) is 12.3. The molecule has 0 bridgehead atoms. The summed E-state index contributed by atoms with van der Waals surface area (Å²) >= 11 is 3.44. The van der Waals surface area contributed by atoms with Crippen molar-refractivity contribution in [2.75, 3.05) is 14.2 Å². The Kier molecular flexibility index (Phi) is 4.42. The molecule has 1 atom stereocenters. The van der Waals surface area contributed by atoms with Crippen LogP contribution in [-0.2, 0) is 0 Å². The Balaban J connectivity index is 3.24. The van der Waals surface area contributed by atoms with Crippen molar-refractivity contribution in [1.29, 1.82) is 0 Å². The summed E-state index contributed by atoms with van der Waals surface area (Å²) in [4.78, 5) is 0. The lowest BCUT2D eigenvalue weighted by Gasteiger charge is -2.17. The number of hydrogen-bond acceptors (Lipinski definition) is 3. The molecule has 1 rings (SSSR count). The highest BCUT2D eigenvalue weighted by atomic mass is 79.9. The molecular formula is C11H16BrNO2. The highest BCUT2D eigenvalue weighted by Crippen LogP contribution is 2.39. The number of rotatable bonds is 4. The van der Waals surface area contributed by atoms with E-state index in [-0.39, 0.29) is 6.04 Å². The van der Waals surface area contributed by atoms with Crippen LogP contribution in [0.4, 0.5) is 0 Å². The smallest absolute Gasteiger partial charge is 0.141 e. The topological polar surface area (TPSA) is 44.5 Å². The maximum atomic E-state index is 5.99. The van der Waals surface area contributed by atoms with Gasteiger partial charge in [0.25, 0.3) is 0 Å². The van der Waals surface area contributed by atoms with E-state index in [0.717, 1.165) is 28.0 Å². The van der Waals surface area contributed by atoms with Gasteiger partial charge in [-0.25, -0.2) is 0 Å². The molecule has 15 heavy (non-hydrogen) atoms. The fourth-order valence-corrected chi connectivity index (χ4v) is 2.11. The standard InChI is InChI=1S/C11H16BrNO2/c1-4-8(13)7-5-6-9(14-2)10(12)11(7)15-3/h5-6,8H,4,13H2,1-3H3. The van der Waals surface area contributed by atoms with Gasteiger partial charge < -0.3 is 15.2 Å². The summed E-state index contributed by atoms with van der Waals surface area (Å²) in [6, 6.07) is 3.82. The van der Waals surface area contributed by atoms with Gasteiger partial charge in [0, 0.05) is 11.6 Å². The Hall–Kier alpha value is -0.740. The predicted octanol–water partition coefficient (Wildman–Crippen LogP) is 2.88. The maximum absolute atomic E-state index is 5.99. The van der Waals surface area contributed by atoms with Crippen LogP contribution in [0.15, 0.2) is 16.6 Å². The first-order chi connectivity index (χ1) is 7.15.